The third kappa shape index (κ3) is 2.69. The van der Waals surface area contributed by atoms with Crippen LogP contribution in [0.3, 0.4) is 0 Å². The number of rotatable bonds is 4. The molecule has 0 aliphatic heterocycles. The van der Waals surface area contributed by atoms with Crippen LogP contribution in [0.4, 0.5) is 5.69 Å². The van der Waals surface area contributed by atoms with Crippen LogP contribution in [0.2, 0.25) is 5.02 Å². The van der Waals surface area contributed by atoms with Gasteiger partial charge in [-0.15, -0.1) is 0 Å². The standard InChI is InChI=1S/C13H19ClN2/c1-13(5-2-6-13)9-16-8-10-3-4-12(15)11(14)7-10/h3-4,7,16H,2,5-6,8-9,15H2,1H3. The maximum Gasteiger partial charge on any atom is 0.0638 e. The summed E-state index contributed by atoms with van der Waals surface area (Å²) >= 11 is 5.97. The molecule has 3 heteroatoms. The predicted octanol–water partition coefficient (Wildman–Crippen LogP) is 3.20. The Morgan fingerprint density at radius 1 is 1.44 bits per heavy atom. The van der Waals surface area contributed by atoms with Crippen LogP contribution in [0, 0.1) is 5.41 Å². The van der Waals surface area contributed by atoms with Gasteiger partial charge in [-0.3, -0.25) is 0 Å². The lowest BCUT2D eigenvalue weighted by Crippen LogP contribution is -2.36. The second-order valence-corrected chi connectivity index (χ2v) is 5.53. The van der Waals surface area contributed by atoms with Crippen LogP contribution in [0.25, 0.3) is 0 Å². The molecule has 88 valence electrons. The number of hydrogen-bond acceptors (Lipinski definition) is 2. The summed E-state index contributed by atoms with van der Waals surface area (Å²) in [4.78, 5) is 0. The maximum atomic E-state index is 5.97. The number of nitrogens with two attached hydrogens (primary N) is 1. The molecule has 0 aromatic heterocycles. The van der Waals surface area contributed by atoms with E-state index in [1.165, 1.54) is 24.8 Å². The first-order valence-electron chi connectivity index (χ1n) is 5.84. The molecule has 0 heterocycles. The Kier molecular flexibility index (Phi) is 3.41. The average molecular weight is 239 g/mol. The fourth-order valence-electron chi connectivity index (χ4n) is 2.15. The lowest BCUT2D eigenvalue weighted by atomic mass is 9.70. The average Bonchev–Trinajstić information content (AvgIpc) is 2.21. The first-order valence-corrected chi connectivity index (χ1v) is 6.21. The fourth-order valence-corrected chi connectivity index (χ4v) is 2.35. The van der Waals surface area contributed by atoms with E-state index >= 15 is 0 Å². The van der Waals surface area contributed by atoms with E-state index in [0.717, 1.165) is 13.1 Å². The molecule has 1 aliphatic rings. The van der Waals surface area contributed by atoms with Crippen LogP contribution >= 0.6 is 11.6 Å². The molecule has 0 unspecified atom stereocenters. The first kappa shape index (κ1) is 11.7. The van der Waals surface area contributed by atoms with Crippen LogP contribution in [0.5, 0.6) is 0 Å². The van der Waals surface area contributed by atoms with Gasteiger partial charge in [0, 0.05) is 13.1 Å². The van der Waals surface area contributed by atoms with E-state index < -0.39 is 0 Å². The molecule has 1 aromatic carbocycles. The van der Waals surface area contributed by atoms with Crippen molar-refractivity contribution in [2.75, 3.05) is 12.3 Å². The van der Waals surface area contributed by atoms with E-state index in [1.807, 2.05) is 18.2 Å². The van der Waals surface area contributed by atoms with Crippen molar-refractivity contribution in [3.63, 3.8) is 0 Å². The Balaban J connectivity index is 1.83. The van der Waals surface area contributed by atoms with Crippen LogP contribution in [0.1, 0.15) is 31.7 Å². The molecule has 0 saturated heterocycles. The van der Waals surface area contributed by atoms with Crippen molar-refractivity contribution in [2.24, 2.45) is 5.41 Å². The number of halogens is 1. The smallest absolute Gasteiger partial charge is 0.0638 e. The monoisotopic (exact) mass is 238 g/mol. The molecule has 2 rings (SSSR count). The van der Waals surface area contributed by atoms with Crippen LogP contribution in [0.15, 0.2) is 18.2 Å². The molecule has 0 bridgehead atoms. The SMILES string of the molecule is CC1(CNCc2ccc(N)c(Cl)c2)CCC1. The number of benzene rings is 1. The van der Waals surface area contributed by atoms with E-state index in [1.54, 1.807) is 0 Å². The summed E-state index contributed by atoms with van der Waals surface area (Å²) < 4.78 is 0. The second kappa shape index (κ2) is 4.64. The third-order valence-electron chi connectivity index (χ3n) is 3.51. The Bertz CT molecular complexity index is 372. The number of nitrogen functional groups attached to an aromatic ring is 1. The fraction of sp³-hybridized carbons (Fsp3) is 0.538. The maximum absolute atomic E-state index is 5.97. The Morgan fingerprint density at radius 2 is 2.19 bits per heavy atom. The van der Waals surface area contributed by atoms with Crippen molar-refractivity contribution in [3.8, 4) is 0 Å². The minimum atomic E-state index is 0.525. The molecule has 1 aromatic rings. The van der Waals surface area contributed by atoms with Gasteiger partial charge < -0.3 is 11.1 Å². The molecule has 0 spiro atoms. The van der Waals surface area contributed by atoms with Gasteiger partial charge >= 0.3 is 0 Å². The summed E-state index contributed by atoms with van der Waals surface area (Å²) in [7, 11) is 0. The molecule has 1 fully saturated rings. The zero-order chi connectivity index (χ0) is 11.6. The molecule has 1 aliphatic carbocycles. The molecular formula is C13H19ClN2. The molecule has 1 saturated carbocycles. The summed E-state index contributed by atoms with van der Waals surface area (Å²) in [5.74, 6) is 0. The number of nitrogens with one attached hydrogen (secondary N) is 1. The molecule has 2 nitrogen and oxygen atoms in total. The predicted molar refractivity (Wildman–Crippen MR) is 69.5 cm³/mol. The third-order valence-corrected chi connectivity index (χ3v) is 3.83. The highest BCUT2D eigenvalue weighted by Gasteiger charge is 2.30. The highest BCUT2D eigenvalue weighted by molar-refractivity contribution is 6.33. The molecule has 0 atom stereocenters. The summed E-state index contributed by atoms with van der Waals surface area (Å²) in [6.07, 6.45) is 4.08. The van der Waals surface area contributed by atoms with Gasteiger partial charge in [-0.25, -0.2) is 0 Å². The summed E-state index contributed by atoms with van der Waals surface area (Å²) in [5, 5.41) is 4.14. The highest BCUT2D eigenvalue weighted by atomic mass is 35.5. The zero-order valence-corrected chi connectivity index (χ0v) is 10.5. The molecule has 16 heavy (non-hydrogen) atoms. The zero-order valence-electron chi connectivity index (χ0n) is 9.72. The van der Waals surface area contributed by atoms with Crippen LogP contribution in [-0.4, -0.2) is 6.54 Å². The first-order chi connectivity index (χ1) is 7.59. The quantitative estimate of drug-likeness (QED) is 0.791. The van der Waals surface area contributed by atoms with Crippen molar-refractivity contribution in [2.45, 2.75) is 32.7 Å². The van der Waals surface area contributed by atoms with Gasteiger partial charge in [-0.05, 0) is 36.0 Å². The second-order valence-electron chi connectivity index (χ2n) is 5.12. The van der Waals surface area contributed by atoms with E-state index in [2.05, 4.69) is 12.2 Å². The van der Waals surface area contributed by atoms with E-state index in [4.69, 9.17) is 17.3 Å². The number of hydrogen-bond donors (Lipinski definition) is 2. The summed E-state index contributed by atoms with van der Waals surface area (Å²) in [5.41, 5.74) is 8.04. The summed E-state index contributed by atoms with van der Waals surface area (Å²) in [6.45, 7) is 4.31. The largest absolute Gasteiger partial charge is 0.398 e. The van der Waals surface area contributed by atoms with Gasteiger partial charge in [0.05, 0.1) is 10.7 Å². The van der Waals surface area contributed by atoms with Gasteiger partial charge in [-0.2, -0.15) is 0 Å². The topological polar surface area (TPSA) is 38.0 Å². The van der Waals surface area contributed by atoms with E-state index in [-0.39, 0.29) is 0 Å². The normalized spacial score (nSPS) is 18.1. The van der Waals surface area contributed by atoms with Gasteiger partial charge in [0.25, 0.3) is 0 Å². The minimum absolute atomic E-state index is 0.525. The van der Waals surface area contributed by atoms with Crippen LogP contribution in [-0.2, 0) is 6.54 Å². The van der Waals surface area contributed by atoms with E-state index in [0.29, 0.717) is 16.1 Å². The van der Waals surface area contributed by atoms with Gasteiger partial charge in [0.1, 0.15) is 0 Å². The molecule has 0 radical (unpaired) electrons. The lowest BCUT2D eigenvalue weighted by Gasteiger charge is -2.38. The molecule has 3 N–H and O–H groups in total. The van der Waals surface area contributed by atoms with Gasteiger partial charge in [0.2, 0.25) is 0 Å². The Hall–Kier alpha value is -0.730. The number of anilines is 1. The summed E-state index contributed by atoms with van der Waals surface area (Å²) in [6, 6.07) is 5.83. The van der Waals surface area contributed by atoms with Crippen molar-refractivity contribution >= 4 is 17.3 Å². The Morgan fingerprint density at radius 3 is 2.75 bits per heavy atom. The Labute approximate surface area is 102 Å². The highest BCUT2D eigenvalue weighted by Crippen LogP contribution is 2.39. The lowest BCUT2D eigenvalue weighted by molar-refractivity contribution is 0.156. The van der Waals surface area contributed by atoms with Gasteiger partial charge in [-0.1, -0.05) is 31.0 Å². The molecule has 0 amide bonds. The van der Waals surface area contributed by atoms with Crippen molar-refractivity contribution in [1.29, 1.82) is 0 Å². The van der Waals surface area contributed by atoms with Crippen molar-refractivity contribution in [1.82, 2.24) is 5.32 Å². The molecular weight excluding hydrogens is 220 g/mol. The van der Waals surface area contributed by atoms with Gasteiger partial charge in [0.15, 0.2) is 0 Å². The minimum Gasteiger partial charge on any atom is -0.398 e. The van der Waals surface area contributed by atoms with E-state index in [9.17, 15) is 0 Å². The van der Waals surface area contributed by atoms with Crippen molar-refractivity contribution < 1.29 is 0 Å². The van der Waals surface area contributed by atoms with Crippen LogP contribution < -0.4 is 11.1 Å². The van der Waals surface area contributed by atoms with Crippen molar-refractivity contribution in [3.05, 3.63) is 28.8 Å².